The molecular formula is C19H20O6S. The molecule has 0 aliphatic carbocycles. The SMILES string of the molecule is CCOc1ccc(C(=O)[C@@H](C)OC(=O)c2ccc(S(C)(=O)=O)cc2)cc1. The van der Waals surface area contributed by atoms with Crippen LogP contribution in [-0.4, -0.2) is 39.1 Å². The smallest absolute Gasteiger partial charge is 0.338 e. The maximum absolute atomic E-state index is 12.4. The van der Waals surface area contributed by atoms with Gasteiger partial charge >= 0.3 is 5.97 Å². The van der Waals surface area contributed by atoms with Crippen molar-refractivity contribution in [1.29, 1.82) is 0 Å². The van der Waals surface area contributed by atoms with Crippen LogP contribution in [0.25, 0.3) is 0 Å². The summed E-state index contributed by atoms with van der Waals surface area (Å²) in [5, 5.41) is 0. The van der Waals surface area contributed by atoms with Crippen molar-refractivity contribution in [2.24, 2.45) is 0 Å². The lowest BCUT2D eigenvalue weighted by Crippen LogP contribution is -2.24. The van der Waals surface area contributed by atoms with Gasteiger partial charge in [-0.15, -0.1) is 0 Å². The zero-order chi connectivity index (χ0) is 19.3. The zero-order valence-electron chi connectivity index (χ0n) is 14.8. The van der Waals surface area contributed by atoms with Gasteiger partial charge in [0.1, 0.15) is 5.75 Å². The van der Waals surface area contributed by atoms with Crippen LogP contribution >= 0.6 is 0 Å². The van der Waals surface area contributed by atoms with Crippen LogP contribution in [0.15, 0.2) is 53.4 Å². The predicted octanol–water partition coefficient (Wildman–Crippen LogP) is 2.92. The number of carbonyl (C=O) groups excluding carboxylic acids is 2. The highest BCUT2D eigenvalue weighted by molar-refractivity contribution is 7.90. The lowest BCUT2D eigenvalue weighted by Gasteiger charge is -2.13. The first-order valence-electron chi connectivity index (χ1n) is 8.00. The van der Waals surface area contributed by atoms with E-state index in [0.717, 1.165) is 6.26 Å². The fourth-order valence-electron chi connectivity index (χ4n) is 2.24. The van der Waals surface area contributed by atoms with Crippen LogP contribution < -0.4 is 4.74 Å². The van der Waals surface area contributed by atoms with E-state index in [-0.39, 0.29) is 16.2 Å². The molecule has 0 saturated carbocycles. The van der Waals surface area contributed by atoms with Crippen LogP contribution in [0, 0.1) is 0 Å². The van der Waals surface area contributed by atoms with E-state index in [9.17, 15) is 18.0 Å². The predicted molar refractivity (Wildman–Crippen MR) is 96.4 cm³/mol. The van der Waals surface area contributed by atoms with Gasteiger partial charge in [0.05, 0.1) is 17.1 Å². The normalized spacial score (nSPS) is 12.3. The van der Waals surface area contributed by atoms with Gasteiger partial charge in [-0.05, 0) is 62.4 Å². The van der Waals surface area contributed by atoms with Crippen LogP contribution in [0.4, 0.5) is 0 Å². The number of carbonyl (C=O) groups is 2. The molecule has 1 atom stereocenters. The molecule has 0 aromatic heterocycles. The van der Waals surface area contributed by atoms with Gasteiger partial charge < -0.3 is 9.47 Å². The van der Waals surface area contributed by atoms with Crippen molar-refractivity contribution in [3.05, 3.63) is 59.7 Å². The average molecular weight is 376 g/mol. The van der Waals surface area contributed by atoms with Crippen molar-refractivity contribution in [3.8, 4) is 5.75 Å². The summed E-state index contributed by atoms with van der Waals surface area (Å²) in [6.45, 7) is 3.88. The van der Waals surface area contributed by atoms with Crippen LogP contribution in [0.3, 0.4) is 0 Å². The molecule has 0 aliphatic rings. The highest BCUT2D eigenvalue weighted by atomic mass is 32.2. The number of hydrogen-bond acceptors (Lipinski definition) is 6. The zero-order valence-corrected chi connectivity index (χ0v) is 15.6. The Hall–Kier alpha value is -2.67. The maximum Gasteiger partial charge on any atom is 0.338 e. The lowest BCUT2D eigenvalue weighted by atomic mass is 10.1. The molecule has 2 aromatic carbocycles. The summed E-state index contributed by atoms with van der Waals surface area (Å²) >= 11 is 0. The number of ketones is 1. The van der Waals surface area contributed by atoms with Gasteiger partial charge in [-0.2, -0.15) is 0 Å². The maximum atomic E-state index is 12.4. The Kier molecular flexibility index (Phi) is 6.15. The molecule has 0 fully saturated rings. The van der Waals surface area contributed by atoms with Crippen molar-refractivity contribution in [1.82, 2.24) is 0 Å². The van der Waals surface area contributed by atoms with Crippen molar-refractivity contribution < 1.29 is 27.5 Å². The number of esters is 1. The van der Waals surface area contributed by atoms with Gasteiger partial charge in [-0.3, -0.25) is 4.79 Å². The molecule has 0 unspecified atom stereocenters. The van der Waals surface area contributed by atoms with Crippen LogP contribution in [0.5, 0.6) is 5.75 Å². The van der Waals surface area contributed by atoms with Gasteiger partial charge in [0.15, 0.2) is 15.9 Å². The van der Waals surface area contributed by atoms with E-state index >= 15 is 0 Å². The van der Waals surface area contributed by atoms with E-state index in [1.165, 1.54) is 31.2 Å². The average Bonchev–Trinajstić information content (AvgIpc) is 2.61. The molecule has 0 saturated heterocycles. The molecule has 0 aliphatic heterocycles. The summed E-state index contributed by atoms with van der Waals surface area (Å²) in [6, 6.07) is 11.9. The fourth-order valence-corrected chi connectivity index (χ4v) is 2.87. The Balaban J connectivity index is 2.04. The lowest BCUT2D eigenvalue weighted by molar-refractivity contribution is 0.0318. The second-order valence-corrected chi connectivity index (χ2v) is 7.68. The number of hydrogen-bond donors (Lipinski definition) is 0. The van der Waals surface area contributed by atoms with E-state index < -0.39 is 21.9 Å². The Morgan fingerprint density at radius 2 is 1.50 bits per heavy atom. The third-order valence-corrected chi connectivity index (χ3v) is 4.75. The molecule has 0 amide bonds. The van der Waals surface area contributed by atoms with Crippen LogP contribution in [0.1, 0.15) is 34.6 Å². The molecule has 0 radical (unpaired) electrons. The molecule has 2 rings (SSSR count). The number of Topliss-reactive ketones (excluding diaryl/α,β-unsaturated/α-hetero) is 1. The van der Waals surface area contributed by atoms with Crippen LogP contribution in [-0.2, 0) is 14.6 Å². The van der Waals surface area contributed by atoms with Gasteiger partial charge in [0.25, 0.3) is 0 Å². The number of ether oxygens (including phenoxy) is 2. The molecule has 0 spiro atoms. The molecule has 0 bridgehead atoms. The highest BCUT2D eigenvalue weighted by Crippen LogP contribution is 2.16. The first kappa shape index (κ1) is 19.7. The van der Waals surface area contributed by atoms with E-state index in [4.69, 9.17) is 9.47 Å². The minimum absolute atomic E-state index is 0.104. The number of rotatable bonds is 7. The molecule has 7 heteroatoms. The first-order chi connectivity index (χ1) is 12.2. The molecule has 138 valence electrons. The van der Waals surface area contributed by atoms with Crippen molar-refractivity contribution in [2.75, 3.05) is 12.9 Å². The summed E-state index contributed by atoms with van der Waals surface area (Å²) in [7, 11) is -3.34. The van der Waals surface area contributed by atoms with E-state index in [1.54, 1.807) is 24.3 Å². The second-order valence-electron chi connectivity index (χ2n) is 5.67. The summed E-state index contributed by atoms with van der Waals surface area (Å²) in [6.07, 6.45) is 0.104. The molecule has 26 heavy (non-hydrogen) atoms. The molecule has 2 aromatic rings. The van der Waals surface area contributed by atoms with Gasteiger partial charge in [-0.25, -0.2) is 13.2 Å². The summed E-state index contributed by atoms with van der Waals surface area (Å²) < 4.78 is 33.4. The Morgan fingerprint density at radius 1 is 0.962 bits per heavy atom. The Labute approximate surface area is 152 Å². The molecular weight excluding hydrogens is 356 g/mol. The molecule has 0 heterocycles. The van der Waals surface area contributed by atoms with Crippen molar-refractivity contribution in [2.45, 2.75) is 24.8 Å². The summed E-state index contributed by atoms with van der Waals surface area (Å²) in [5.74, 6) is -0.384. The Morgan fingerprint density at radius 3 is 2.00 bits per heavy atom. The fraction of sp³-hybridized carbons (Fsp3) is 0.263. The van der Waals surface area contributed by atoms with Crippen molar-refractivity contribution >= 4 is 21.6 Å². The topological polar surface area (TPSA) is 86.7 Å². The van der Waals surface area contributed by atoms with Gasteiger partial charge in [0, 0.05) is 11.8 Å². The standard InChI is InChI=1S/C19H20O6S/c1-4-24-16-9-5-14(6-10-16)18(20)13(2)25-19(21)15-7-11-17(12-8-15)26(3,22)23/h5-13H,4H2,1-3H3/t13-/m1/s1. The largest absolute Gasteiger partial charge is 0.494 e. The second kappa shape index (κ2) is 8.14. The van der Waals surface area contributed by atoms with E-state index in [0.29, 0.717) is 17.9 Å². The monoisotopic (exact) mass is 376 g/mol. The minimum atomic E-state index is -3.34. The third kappa shape index (κ3) is 4.92. The quantitative estimate of drug-likeness (QED) is 0.545. The van der Waals surface area contributed by atoms with E-state index in [1.807, 2.05) is 6.92 Å². The van der Waals surface area contributed by atoms with E-state index in [2.05, 4.69) is 0 Å². The van der Waals surface area contributed by atoms with Gasteiger partial charge in [-0.1, -0.05) is 0 Å². The first-order valence-corrected chi connectivity index (χ1v) is 9.89. The summed E-state index contributed by atoms with van der Waals surface area (Å²) in [5.41, 5.74) is 0.574. The number of benzene rings is 2. The third-order valence-electron chi connectivity index (χ3n) is 3.62. The van der Waals surface area contributed by atoms with Crippen LogP contribution in [0.2, 0.25) is 0 Å². The number of sulfone groups is 1. The highest BCUT2D eigenvalue weighted by Gasteiger charge is 2.21. The molecule has 0 N–H and O–H groups in total. The van der Waals surface area contributed by atoms with Gasteiger partial charge in [0.2, 0.25) is 5.78 Å². The Bertz CT molecular complexity index is 883. The minimum Gasteiger partial charge on any atom is -0.494 e. The van der Waals surface area contributed by atoms with Crippen molar-refractivity contribution in [3.63, 3.8) is 0 Å². The molecule has 6 nitrogen and oxygen atoms in total. The summed E-state index contributed by atoms with van der Waals surface area (Å²) in [4.78, 5) is 24.6.